The molecule has 2 heterocycles. The summed E-state index contributed by atoms with van der Waals surface area (Å²) in [6.07, 6.45) is 1.94. The lowest BCUT2D eigenvalue weighted by molar-refractivity contribution is 0.950. The third-order valence-corrected chi connectivity index (χ3v) is 11.2. The third-order valence-electron chi connectivity index (χ3n) is 11.2. The van der Waals surface area contributed by atoms with Gasteiger partial charge < -0.3 is 4.57 Å². The van der Waals surface area contributed by atoms with Crippen molar-refractivity contribution in [2.45, 2.75) is 11.8 Å². The average molecular weight is 649 g/mol. The minimum absolute atomic E-state index is 0.0585. The Morgan fingerprint density at radius 2 is 1.08 bits per heavy atom. The van der Waals surface area contributed by atoms with Crippen LogP contribution in [0, 0.1) is 0 Å². The number of aromatic nitrogens is 2. The predicted molar refractivity (Wildman–Crippen MR) is 210 cm³/mol. The Morgan fingerprint density at radius 3 is 1.92 bits per heavy atom. The highest BCUT2D eigenvalue weighted by Gasteiger charge is 2.32. The second-order valence-corrected chi connectivity index (χ2v) is 13.9. The van der Waals surface area contributed by atoms with Crippen LogP contribution in [0.3, 0.4) is 0 Å². The zero-order chi connectivity index (χ0) is 33.5. The number of rotatable bonds is 4. The van der Waals surface area contributed by atoms with Crippen molar-refractivity contribution in [3.05, 3.63) is 216 Å². The molecule has 2 heteroatoms. The zero-order valence-electron chi connectivity index (χ0n) is 27.9. The van der Waals surface area contributed by atoms with Gasteiger partial charge in [-0.1, -0.05) is 133 Å². The largest absolute Gasteiger partial charge is 0.309 e. The van der Waals surface area contributed by atoms with Crippen LogP contribution in [0.2, 0.25) is 0 Å². The molecule has 7 aromatic carbocycles. The molecule has 9 aromatic rings. The van der Waals surface area contributed by atoms with Crippen molar-refractivity contribution in [2.75, 3.05) is 0 Å². The molecule has 0 amide bonds. The second-order valence-electron chi connectivity index (χ2n) is 13.9. The summed E-state index contributed by atoms with van der Waals surface area (Å²) in [6.45, 7) is 0. The molecular formula is C49H32N2. The van der Waals surface area contributed by atoms with E-state index in [1.807, 2.05) is 6.20 Å². The molecule has 0 radical (unpaired) electrons. The fraction of sp³-hybridized carbons (Fsp3) is 0.0408. The number of nitrogens with zero attached hydrogens (tertiary/aromatic N) is 2. The van der Waals surface area contributed by atoms with E-state index in [2.05, 4.69) is 180 Å². The average Bonchev–Trinajstić information content (AvgIpc) is 3.83. The van der Waals surface area contributed by atoms with Crippen molar-refractivity contribution in [1.82, 2.24) is 9.55 Å². The molecule has 1 unspecified atom stereocenters. The van der Waals surface area contributed by atoms with Crippen molar-refractivity contribution >= 4 is 21.8 Å². The van der Waals surface area contributed by atoms with E-state index in [-0.39, 0.29) is 11.8 Å². The lowest BCUT2D eigenvalue weighted by atomic mass is 9.88. The molecule has 2 aliphatic carbocycles. The summed E-state index contributed by atoms with van der Waals surface area (Å²) in [5.74, 6) is 0.271. The van der Waals surface area contributed by atoms with Gasteiger partial charge in [0.05, 0.1) is 22.6 Å². The van der Waals surface area contributed by atoms with Crippen molar-refractivity contribution in [3.63, 3.8) is 0 Å². The Balaban J connectivity index is 1.06. The maximum absolute atomic E-state index is 5.00. The molecule has 2 aliphatic rings. The molecule has 238 valence electrons. The Hall–Kier alpha value is -6.51. The van der Waals surface area contributed by atoms with Gasteiger partial charge in [0.25, 0.3) is 0 Å². The first kappa shape index (κ1) is 28.3. The molecule has 11 rings (SSSR count). The van der Waals surface area contributed by atoms with Crippen LogP contribution >= 0.6 is 0 Å². The summed E-state index contributed by atoms with van der Waals surface area (Å²) in [7, 11) is 0. The van der Waals surface area contributed by atoms with Gasteiger partial charge in [0.1, 0.15) is 0 Å². The standard InChI is InChI=1S/C49H32N2/c1-2-12-31(13-3-1)32-23-25-41-43(29-32)42-21-11-27-50-49(42)48(41)33-14-10-15-35(28-33)51-45-22-9-8-18-38(45)44-30-34(24-26-46(44)51)47-39-19-6-4-16-36(39)37-17-5-7-20-40(37)47/h1-30,47-48H. The van der Waals surface area contributed by atoms with E-state index in [0.29, 0.717) is 0 Å². The van der Waals surface area contributed by atoms with E-state index in [1.54, 1.807) is 0 Å². The molecule has 0 saturated heterocycles. The zero-order valence-corrected chi connectivity index (χ0v) is 27.9. The van der Waals surface area contributed by atoms with Gasteiger partial charge >= 0.3 is 0 Å². The van der Waals surface area contributed by atoms with Crippen molar-refractivity contribution in [3.8, 4) is 39.1 Å². The summed E-state index contributed by atoms with van der Waals surface area (Å²) >= 11 is 0. The quantitative estimate of drug-likeness (QED) is 0.186. The summed E-state index contributed by atoms with van der Waals surface area (Å²) in [6, 6.07) is 64.8. The van der Waals surface area contributed by atoms with Gasteiger partial charge in [-0.3, -0.25) is 4.98 Å². The van der Waals surface area contributed by atoms with Gasteiger partial charge in [-0.2, -0.15) is 0 Å². The Morgan fingerprint density at radius 1 is 0.392 bits per heavy atom. The number of hydrogen-bond acceptors (Lipinski definition) is 1. The molecule has 0 aliphatic heterocycles. The molecule has 2 aromatic heterocycles. The predicted octanol–water partition coefficient (Wildman–Crippen LogP) is 12.2. The van der Waals surface area contributed by atoms with Crippen molar-refractivity contribution in [2.24, 2.45) is 0 Å². The second kappa shape index (κ2) is 11.0. The van der Waals surface area contributed by atoms with Crippen LogP contribution in [0.15, 0.2) is 182 Å². The van der Waals surface area contributed by atoms with Gasteiger partial charge in [-0.05, 0) is 98.1 Å². The number of hydrogen-bond donors (Lipinski definition) is 0. The summed E-state index contributed by atoms with van der Waals surface area (Å²) in [4.78, 5) is 5.00. The maximum atomic E-state index is 5.00. The molecule has 51 heavy (non-hydrogen) atoms. The highest BCUT2D eigenvalue weighted by Crippen LogP contribution is 2.50. The summed E-state index contributed by atoms with van der Waals surface area (Å²) < 4.78 is 2.45. The van der Waals surface area contributed by atoms with Crippen LogP contribution in [-0.4, -0.2) is 9.55 Å². The fourth-order valence-electron chi connectivity index (χ4n) is 9.02. The van der Waals surface area contributed by atoms with E-state index in [1.165, 1.54) is 83.0 Å². The van der Waals surface area contributed by atoms with Crippen LogP contribution in [0.25, 0.3) is 60.9 Å². The topological polar surface area (TPSA) is 17.8 Å². The number of benzene rings is 7. The maximum Gasteiger partial charge on any atom is 0.0601 e. The highest BCUT2D eigenvalue weighted by atomic mass is 15.0. The van der Waals surface area contributed by atoms with Gasteiger partial charge in [-0.25, -0.2) is 0 Å². The first-order chi connectivity index (χ1) is 25.3. The van der Waals surface area contributed by atoms with Crippen molar-refractivity contribution in [1.29, 1.82) is 0 Å². The Kier molecular flexibility index (Phi) is 6.11. The first-order valence-electron chi connectivity index (χ1n) is 17.8. The van der Waals surface area contributed by atoms with Crippen molar-refractivity contribution < 1.29 is 0 Å². The van der Waals surface area contributed by atoms with E-state index in [9.17, 15) is 0 Å². The highest BCUT2D eigenvalue weighted by molar-refractivity contribution is 6.09. The van der Waals surface area contributed by atoms with E-state index >= 15 is 0 Å². The van der Waals surface area contributed by atoms with Gasteiger partial charge in [-0.15, -0.1) is 0 Å². The SMILES string of the molecule is c1ccc(-c2ccc3c(c2)-c2cccnc2C3c2cccc(-n3c4ccccc4c4cc(C5c6ccccc6-c6ccccc65)ccc43)c2)cc1. The smallest absolute Gasteiger partial charge is 0.0601 e. The minimum atomic E-state index is 0.0585. The lowest BCUT2D eigenvalue weighted by Crippen LogP contribution is -2.03. The lowest BCUT2D eigenvalue weighted by Gasteiger charge is -2.17. The van der Waals surface area contributed by atoms with E-state index in [4.69, 9.17) is 4.98 Å². The molecule has 0 saturated carbocycles. The van der Waals surface area contributed by atoms with Crippen LogP contribution in [-0.2, 0) is 0 Å². The molecule has 0 spiro atoms. The molecule has 2 nitrogen and oxygen atoms in total. The minimum Gasteiger partial charge on any atom is -0.309 e. The molecule has 0 fully saturated rings. The Labute approximate surface area is 296 Å². The van der Waals surface area contributed by atoms with E-state index in [0.717, 1.165) is 11.4 Å². The third kappa shape index (κ3) is 4.20. The van der Waals surface area contributed by atoms with E-state index < -0.39 is 0 Å². The van der Waals surface area contributed by atoms with Crippen LogP contribution in [0.4, 0.5) is 0 Å². The summed E-state index contributed by atoms with van der Waals surface area (Å²) in [5.41, 5.74) is 19.0. The monoisotopic (exact) mass is 648 g/mol. The number of para-hydroxylation sites is 1. The van der Waals surface area contributed by atoms with Crippen LogP contribution in [0.5, 0.6) is 0 Å². The fourth-order valence-corrected chi connectivity index (χ4v) is 9.02. The number of pyridine rings is 1. The van der Waals surface area contributed by atoms with Gasteiger partial charge in [0.15, 0.2) is 0 Å². The molecular weight excluding hydrogens is 617 g/mol. The van der Waals surface area contributed by atoms with Gasteiger partial charge in [0, 0.05) is 34.1 Å². The van der Waals surface area contributed by atoms with Gasteiger partial charge in [0.2, 0.25) is 0 Å². The molecule has 1 atom stereocenters. The van der Waals surface area contributed by atoms with Crippen LogP contribution < -0.4 is 0 Å². The number of fused-ring (bicyclic) bond motifs is 9. The van der Waals surface area contributed by atoms with Crippen LogP contribution in [0.1, 0.15) is 45.3 Å². The first-order valence-corrected chi connectivity index (χ1v) is 17.8. The Bertz CT molecular complexity index is 2780. The molecule has 0 N–H and O–H groups in total. The summed E-state index contributed by atoms with van der Waals surface area (Å²) in [5, 5.41) is 2.55. The normalized spacial score (nSPS) is 14.4. The molecule has 0 bridgehead atoms.